The summed E-state index contributed by atoms with van der Waals surface area (Å²) in [6.45, 7) is 2.17. The Morgan fingerprint density at radius 1 is 1.22 bits per heavy atom. The third-order valence-electron chi connectivity index (χ3n) is 3.65. The van der Waals surface area contributed by atoms with Crippen LogP contribution >= 0.6 is 0 Å². The minimum atomic E-state index is -3.61. The van der Waals surface area contributed by atoms with Gasteiger partial charge in [-0.2, -0.15) is 5.26 Å². The van der Waals surface area contributed by atoms with E-state index in [1.54, 1.807) is 48.5 Å². The molecular formula is C19H21N3O4S. The molecule has 0 spiro atoms. The fraction of sp³-hybridized carbons (Fsp3) is 0.263. The van der Waals surface area contributed by atoms with Gasteiger partial charge in [-0.1, -0.05) is 18.2 Å². The average Bonchev–Trinajstić information content (AvgIpc) is 2.62. The van der Waals surface area contributed by atoms with E-state index in [0.29, 0.717) is 29.3 Å². The summed E-state index contributed by atoms with van der Waals surface area (Å²) in [5, 5.41) is 11.6. The minimum Gasteiger partial charge on any atom is -0.492 e. The number of nitrogens with one attached hydrogen (secondary N) is 1. The van der Waals surface area contributed by atoms with Crippen LogP contribution in [0.3, 0.4) is 0 Å². The number of hydrogen-bond acceptors (Lipinski definition) is 5. The van der Waals surface area contributed by atoms with Crippen molar-refractivity contribution in [2.24, 2.45) is 0 Å². The number of amides is 1. The van der Waals surface area contributed by atoms with Gasteiger partial charge in [0.1, 0.15) is 5.75 Å². The molecule has 8 heteroatoms. The molecule has 0 aliphatic rings. The van der Waals surface area contributed by atoms with Crippen molar-refractivity contribution in [1.29, 1.82) is 5.26 Å². The van der Waals surface area contributed by atoms with Gasteiger partial charge in [-0.25, -0.2) is 8.42 Å². The molecule has 0 aromatic heterocycles. The van der Waals surface area contributed by atoms with E-state index < -0.39 is 10.0 Å². The normalized spacial score (nSPS) is 10.7. The quantitative estimate of drug-likeness (QED) is 0.751. The molecule has 0 bridgehead atoms. The molecule has 1 amide bonds. The molecule has 0 saturated heterocycles. The summed E-state index contributed by atoms with van der Waals surface area (Å²) in [6.07, 6.45) is 1.04. The molecule has 0 atom stereocenters. The van der Waals surface area contributed by atoms with Gasteiger partial charge in [0.25, 0.3) is 0 Å². The van der Waals surface area contributed by atoms with Crippen LogP contribution in [0.1, 0.15) is 18.9 Å². The number of nitriles is 1. The van der Waals surface area contributed by atoms with Crippen molar-refractivity contribution in [3.8, 4) is 11.8 Å². The van der Waals surface area contributed by atoms with Gasteiger partial charge >= 0.3 is 0 Å². The molecular weight excluding hydrogens is 366 g/mol. The highest BCUT2D eigenvalue weighted by Crippen LogP contribution is 2.30. The van der Waals surface area contributed by atoms with Crippen LogP contribution in [0.2, 0.25) is 0 Å². The van der Waals surface area contributed by atoms with Gasteiger partial charge in [0.15, 0.2) is 0 Å². The van der Waals surface area contributed by atoms with E-state index in [-0.39, 0.29) is 18.9 Å². The number of carbonyl (C=O) groups is 1. The van der Waals surface area contributed by atoms with Crippen LogP contribution in [0.15, 0.2) is 48.5 Å². The van der Waals surface area contributed by atoms with E-state index in [9.17, 15) is 13.2 Å². The van der Waals surface area contributed by atoms with E-state index in [0.717, 1.165) is 10.6 Å². The fourth-order valence-electron chi connectivity index (χ4n) is 2.50. The van der Waals surface area contributed by atoms with Crippen molar-refractivity contribution < 1.29 is 17.9 Å². The molecule has 0 saturated carbocycles. The zero-order valence-electron chi connectivity index (χ0n) is 15.2. The predicted octanol–water partition coefficient (Wildman–Crippen LogP) is 2.75. The topological polar surface area (TPSA) is 99.5 Å². The van der Waals surface area contributed by atoms with Gasteiger partial charge in [0, 0.05) is 18.7 Å². The summed E-state index contributed by atoms with van der Waals surface area (Å²) < 4.78 is 31.2. The number of nitrogens with zero attached hydrogens (tertiary/aromatic N) is 2. The third-order valence-corrected chi connectivity index (χ3v) is 4.83. The zero-order valence-corrected chi connectivity index (χ0v) is 16.0. The smallest absolute Gasteiger partial charge is 0.232 e. The molecule has 0 aliphatic heterocycles. The summed E-state index contributed by atoms with van der Waals surface area (Å²) >= 11 is 0. The summed E-state index contributed by atoms with van der Waals surface area (Å²) in [5.74, 6) is 0.0835. The molecule has 2 aromatic rings. The Morgan fingerprint density at radius 2 is 1.96 bits per heavy atom. The Morgan fingerprint density at radius 3 is 2.63 bits per heavy atom. The first-order valence-electron chi connectivity index (χ1n) is 8.34. The maximum absolute atomic E-state index is 12.2. The van der Waals surface area contributed by atoms with Gasteiger partial charge in [-0.15, -0.1) is 0 Å². The van der Waals surface area contributed by atoms with Crippen molar-refractivity contribution >= 4 is 27.3 Å². The van der Waals surface area contributed by atoms with Crippen molar-refractivity contribution in [2.75, 3.05) is 29.0 Å². The Kier molecular flexibility index (Phi) is 6.79. The number of rotatable bonds is 8. The number of sulfonamides is 1. The summed E-state index contributed by atoms with van der Waals surface area (Å²) in [7, 11) is -3.61. The number of ether oxygens (including phenoxy) is 1. The largest absolute Gasteiger partial charge is 0.492 e. The lowest BCUT2D eigenvalue weighted by molar-refractivity contribution is -0.116. The SMILES string of the molecule is CCOc1ccccc1N(CCC(=O)Nc1cccc(C#N)c1)S(C)(=O)=O. The van der Waals surface area contributed by atoms with E-state index in [1.807, 2.05) is 13.0 Å². The molecule has 27 heavy (non-hydrogen) atoms. The number of carbonyl (C=O) groups excluding carboxylic acids is 1. The van der Waals surface area contributed by atoms with Crippen LogP contribution in [0.25, 0.3) is 0 Å². The van der Waals surface area contributed by atoms with Crippen molar-refractivity contribution in [1.82, 2.24) is 0 Å². The fourth-order valence-corrected chi connectivity index (χ4v) is 3.43. The molecule has 2 rings (SSSR count). The highest BCUT2D eigenvalue weighted by molar-refractivity contribution is 7.92. The molecule has 0 heterocycles. The highest BCUT2D eigenvalue weighted by atomic mass is 32.2. The van der Waals surface area contributed by atoms with Crippen LogP contribution in [0, 0.1) is 11.3 Å². The van der Waals surface area contributed by atoms with E-state index in [1.165, 1.54) is 0 Å². The van der Waals surface area contributed by atoms with Gasteiger partial charge in [-0.3, -0.25) is 9.10 Å². The average molecular weight is 387 g/mol. The second kappa shape index (κ2) is 9.05. The third kappa shape index (κ3) is 5.72. The van der Waals surface area contributed by atoms with E-state index in [4.69, 9.17) is 10.00 Å². The Bertz CT molecular complexity index is 951. The first kappa shape index (κ1) is 20.3. The van der Waals surface area contributed by atoms with Gasteiger partial charge in [-0.05, 0) is 37.3 Å². The Hall–Kier alpha value is -3.05. The van der Waals surface area contributed by atoms with E-state index >= 15 is 0 Å². The number of anilines is 2. The second-order valence-corrected chi connectivity index (χ2v) is 7.63. The first-order valence-corrected chi connectivity index (χ1v) is 10.2. The van der Waals surface area contributed by atoms with Crippen LogP contribution in [0.4, 0.5) is 11.4 Å². The molecule has 2 aromatic carbocycles. The minimum absolute atomic E-state index is 0.0350. The monoisotopic (exact) mass is 387 g/mol. The van der Waals surface area contributed by atoms with Gasteiger partial charge < -0.3 is 10.1 Å². The van der Waals surface area contributed by atoms with Crippen molar-refractivity contribution in [2.45, 2.75) is 13.3 Å². The first-order chi connectivity index (χ1) is 12.8. The summed E-state index contributed by atoms with van der Waals surface area (Å²) in [5.41, 5.74) is 1.30. The number of benzene rings is 2. The van der Waals surface area contributed by atoms with Gasteiger partial charge in [0.2, 0.25) is 15.9 Å². The predicted molar refractivity (Wildman–Crippen MR) is 104 cm³/mol. The Balaban J connectivity index is 2.14. The van der Waals surface area contributed by atoms with Crippen LogP contribution < -0.4 is 14.4 Å². The van der Waals surface area contributed by atoms with Crippen LogP contribution in [-0.4, -0.2) is 33.7 Å². The second-order valence-electron chi connectivity index (χ2n) is 5.73. The van der Waals surface area contributed by atoms with Crippen LogP contribution in [-0.2, 0) is 14.8 Å². The van der Waals surface area contributed by atoms with Gasteiger partial charge in [0.05, 0.1) is 30.2 Å². The lowest BCUT2D eigenvalue weighted by Crippen LogP contribution is -2.33. The number of hydrogen-bond donors (Lipinski definition) is 1. The molecule has 0 radical (unpaired) electrons. The van der Waals surface area contributed by atoms with Crippen LogP contribution in [0.5, 0.6) is 5.75 Å². The highest BCUT2D eigenvalue weighted by Gasteiger charge is 2.22. The lowest BCUT2D eigenvalue weighted by atomic mass is 10.2. The van der Waals surface area contributed by atoms with Crippen molar-refractivity contribution in [3.63, 3.8) is 0 Å². The van der Waals surface area contributed by atoms with E-state index in [2.05, 4.69) is 5.32 Å². The maximum atomic E-state index is 12.2. The summed E-state index contributed by atoms with van der Waals surface area (Å²) in [6, 6.07) is 15.3. The molecule has 0 unspecified atom stereocenters. The lowest BCUT2D eigenvalue weighted by Gasteiger charge is -2.24. The maximum Gasteiger partial charge on any atom is 0.232 e. The summed E-state index contributed by atoms with van der Waals surface area (Å²) in [4.78, 5) is 12.2. The molecule has 0 fully saturated rings. The van der Waals surface area contributed by atoms with Crippen molar-refractivity contribution in [3.05, 3.63) is 54.1 Å². The molecule has 7 nitrogen and oxygen atoms in total. The Labute approximate surface area is 159 Å². The molecule has 0 aliphatic carbocycles. The molecule has 142 valence electrons. The number of para-hydroxylation sites is 2. The zero-order chi connectivity index (χ0) is 19.9. The molecule has 1 N–H and O–H groups in total. The standard InChI is InChI=1S/C19H21N3O4S/c1-3-26-18-10-5-4-9-17(18)22(27(2,24)25)12-11-19(23)21-16-8-6-7-15(13-16)14-20/h4-10,13H,3,11-12H2,1-2H3,(H,21,23).